The van der Waals surface area contributed by atoms with Crippen LogP contribution in [0.2, 0.25) is 0 Å². The molecule has 1 aromatic heterocycles. The number of rotatable bonds is 4. The second-order valence-corrected chi connectivity index (χ2v) is 3.46. The Kier molecular flexibility index (Phi) is 3.65. The number of aryl methyl sites for hydroxylation is 1. The van der Waals surface area contributed by atoms with Gasteiger partial charge in [-0.05, 0) is 20.8 Å². The van der Waals surface area contributed by atoms with Crippen molar-refractivity contribution >= 4 is 11.9 Å². The molecule has 0 spiro atoms. The van der Waals surface area contributed by atoms with E-state index >= 15 is 0 Å². The van der Waals surface area contributed by atoms with Gasteiger partial charge in [-0.1, -0.05) is 0 Å². The molecule has 0 bridgehead atoms. The summed E-state index contributed by atoms with van der Waals surface area (Å²) in [5.74, 6) is -1.19. The van der Waals surface area contributed by atoms with E-state index in [9.17, 15) is 9.59 Å². The molecule has 0 fully saturated rings. The van der Waals surface area contributed by atoms with Crippen molar-refractivity contribution in [3.05, 3.63) is 17.0 Å². The van der Waals surface area contributed by atoms with Gasteiger partial charge in [0.05, 0.1) is 11.4 Å². The highest BCUT2D eigenvalue weighted by molar-refractivity contribution is 5.90. The number of aromatic nitrogens is 2. The molecule has 0 unspecified atom stereocenters. The third-order valence-corrected chi connectivity index (χ3v) is 2.26. The Labute approximate surface area is 93.3 Å². The Morgan fingerprint density at radius 3 is 2.50 bits per heavy atom. The summed E-state index contributed by atoms with van der Waals surface area (Å²) in [5, 5.41) is 15.6. The largest absolute Gasteiger partial charge is 0.478 e. The molecule has 6 nitrogen and oxygen atoms in total. The molecule has 0 aliphatic heterocycles. The Morgan fingerprint density at radius 2 is 2.06 bits per heavy atom. The lowest BCUT2D eigenvalue weighted by atomic mass is 10.2. The smallest absolute Gasteiger partial charge is 0.339 e. The molecular formula is C10H15N3O3. The number of nitrogens with zero attached hydrogens (tertiary/aromatic N) is 2. The van der Waals surface area contributed by atoms with Crippen molar-refractivity contribution in [2.75, 3.05) is 6.54 Å². The molecule has 1 aromatic rings. The summed E-state index contributed by atoms with van der Waals surface area (Å²) >= 11 is 0. The summed E-state index contributed by atoms with van der Waals surface area (Å²) in [6.45, 7) is 5.67. The predicted octanol–water partition coefficient (Wildman–Crippen LogP) is 0.334. The number of hydrogen-bond acceptors (Lipinski definition) is 3. The van der Waals surface area contributed by atoms with Crippen molar-refractivity contribution in [2.45, 2.75) is 27.3 Å². The molecule has 2 N–H and O–H groups in total. The molecule has 0 aliphatic carbocycles. The van der Waals surface area contributed by atoms with Crippen LogP contribution in [0.5, 0.6) is 0 Å². The van der Waals surface area contributed by atoms with Crippen molar-refractivity contribution in [1.82, 2.24) is 15.1 Å². The first-order valence-corrected chi connectivity index (χ1v) is 5.01. The van der Waals surface area contributed by atoms with Crippen LogP contribution in [-0.2, 0) is 11.3 Å². The Hall–Kier alpha value is -1.85. The summed E-state index contributed by atoms with van der Waals surface area (Å²) in [6, 6.07) is 0. The Morgan fingerprint density at radius 1 is 1.44 bits per heavy atom. The van der Waals surface area contributed by atoms with Gasteiger partial charge in [0.25, 0.3) is 0 Å². The highest BCUT2D eigenvalue weighted by atomic mass is 16.4. The van der Waals surface area contributed by atoms with Gasteiger partial charge >= 0.3 is 5.97 Å². The minimum Gasteiger partial charge on any atom is -0.478 e. The maximum atomic E-state index is 11.3. The van der Waals surface area contributed by atoms with Crippen molar-refractivity contribution < 1.29 is 14.7 Å². The average Bonchev–Trinajstić information content (AvgIpc) is 2.42. The molecule has 1 amide bonds. The van der Waals surface area contributed by atoms with Crippen molar-refractivity contribution in [3.63, 3.8) is 0 Å². The van der Waals surface area contributed by atoms with E-state index < -0.39 is 5.97 Å². The first-order chi connectivity index (χ1) is 7.47. The molecular weight excluding hydrogens is 210 g/mol. The fourth-order valence-corrected chi connectivity index (χ4v) is 1.55. The van der Waals surface area contributed by atoms with E-state index in [0.29, 0.717) is 17.9 Å². The van der Waals surface area contributed by atoms with Crippen molar-refractivity contribution in [1.29, 1.82) is 0 Å². The van der Waals surface area contributed by atoms with E-state index in [-0.39, 0.29) is 18.0 Å². The van der Waals surface area contributed by atoms with Gasteiger partial charge in [0.2, 0.25) is 5.91 Å². The predicted molar refractivity (Wildman–Crippen MR) is 57.3 cm³/mol. The van der Waals surface area contributed by atoms with Crippen LogP contribution in [0.15, 0.2) is 0 Å². The van der Waals surface area contributed by atoms with Crippen LogP contribution >= 0.6 is 0 Å². The fraction of sp³-hybridized carbons (Fsp3) is 0.500. The second kappa shape index (κ2) is 4.78. The zero-order valence-corrected chi connectivity index (χ0v) is 9.57. The van der Waals surface area contributed by atoms with E-state index in [2.05, 4.69) is 10.4 Å². The van der Waals surface area contributed by atoms with E-state index in [1.807, 2.05) is 6.92 Å². The van der Waals surface area contributed by atoms with Crippen LogP contribution in [0, 0.1) is 13.8 Å². The van der Waals surface area contributed by atoms with Crippen LogP contribution in [-0.4, -0.2) is 33.3 Å². The zero-order chi connectivity index (χ0) is 12.3. The molecule has 1 heterocycles. The van der Waals surface area contributed by atoms with Gasteiger partial charge in [-0.25, -0.2) is 4.79 Å². The highest BCUT2D eigenvalue weighted by Gasteiger charge is 2.18. The zero-order valence-electron chi connectivity index (χ0n) is 9.57. The van der Waals surface area contributed by atoms with Gasteiger partial charge in [0.15, 0.2) is 0 Å². The van der Waals surface area contributed by atoms with Crippen LogP contribution in [0.4, 0.5) is 0 Å². The molecule has 6 heteroatoms. The summed E-state index contributed by atoms with van der Waals surface area (Å²) in [7, 11) is 0. The Balaban J connectivity index is 2.95. The number of aromatic carboxylic acids is 1. The van der Waals surface area contributed by atoms with Gasteiger partial charge in [0.1, 0.15) is 12.1 Å². The standard InChI is InChI=1S/C10H15N3O3/c1-4-11-8(14)5-13-7(3)9(10(15)16)6(2)12-13/h4-5H2,1-3H3,(H,11,14)(H,15,16). The lowest BCUT2D eigenvalue weighted by Gasteiger charge is -2.04. The maximum absolute atomic E-state index is 11.3. The summed E-state index contributed by atoms with van der Waals surface area (Å²) < 4.78 is 1.41. The van der Waals surface area contributed by atoms with Crippen molar-refractivity contribution in [3.8, 4) is 0 Å². The molecule has 0 saturated carbocycles. The first-order valence-electron chi connectivity index (χ1n) is 5.01. The molecule has 0 radical (unpaired) electrons. The number of carbonyl (C=O) groups excluding carboxylic acids is 1. The summed E-state index contributed by atoms with van der Waals surface area (Å²) in [4.78, 5) is 22.2. The monoisotopic (exact) mass is 225 g/mol. The summed E-state index contributed by atoms with van der Waals surface area (Å²) in [5.41, 5.74) is 1.09. The van der Waals surface area contributed by atoms with E-state index in [1.54, 1.807) is 13.8 Å². The lowest BCUT2D eigenvalue weighted by Crippen LogP contribution is -2.28. The Bertz CT molecular complexity index is 423. The molecule has 88 valence electrons. The topological polar surface area (TPSA) is 84.2 Å². The normalized spacial score (nSPS) is 10.2. The van der Waals surface area contributed by atoms with E-state index in [4.69, 9.17) is 5.11 Å². The second-order valence-electron chi connectivity index (χ2n) is 3.46. The average molecular weight is 225 g/mol. The lowest BCUT2D eigenvalue weighted by molar-refractivity contribution is -0.121. The highest BCUT2D eigenvalue weighted by Crippen LogP contribution is 2.12. The van der Waals surface area contributed by atoms with E-state index in [0.717, 1.165) is 0 Å². The SMILES string of the molecule is CCNC(=O)Cn1nc(C)c(C(=O)O)c1C. The molecule has 0 saturated heterocycles. The number of nitrogens with one attached hydrogen (secondary N) is 1. The van der Waals surface area contributed by atoms with Gasteiger partial charge in [-0.15, -0.1) is 0 Å². The van der Waals surface area contributed by atoms with Gasteiger partial charge in [0, 0.05) is 6.54 Å². The van der Waals surface area contributed by atoms with Gasteiger partial charge in [-0.2, -0.15) is 5.10 Å². The first kappa shape index (κ1) is 12.2. The molecule has 0 aromatic carbocycles. The minimum absolute atomic E-state index is 0.0494. The number of likely N-dealkylation sites (N-methyl/N-ethyl adjacent to an activating group) is 1. The molecule has 0 aliphatic rings. The van der Waals surface area contributed by atoms with Crippen LogP contribution in [0.3, 0.4) is 0 Å². The van der Waals surface area contributed by atoms with Crippen LogP contribution in [0.1, 0.15) is 28.7 Å². The molecule has 1 rings (SSSR count). The maximum Gasteiger partial charge on any atom is 0.339 e. The molecule has 0 atom stereocenters. The number of hydrogen-bond donors (Lipinski definition) is 2. The molecule has 16 heavy (non-hydrogen) atoms. The van der Waals surface area contributed by atoms with Crippen LogP contribution in [0.25, 0.3) is 0 Å². The van der Waals surface area contributed by atoms with Crippen LogP contribution < -0.4 is 5.32 Å². The minimum atomic E-state index is -1.02. The fourth-order valence-electron chi connectivity index (χ4n) is 1.55. The number of carboxylic acid groups (broad SMARTS) is 1. The van der Waals surface area contributed by atoms with Gasteiger partial charge in [-0.3, -0.25) is 9.48 Å². The number of carboxylic acids is 1. The van der Waals surface area contributed by atoms with Crippen molar-refractivity contribution in [2.24, 2.45) is 0 Å². The third kappa shape index (κ3) is 2.39. The summed E-state index contributed by atoms with van der Waals surface area (Å²) in [6.07, 6.45) is 0. The third-order valence-electron chi connectivity index (χ3n) is 2.26. The van der Waals surface area contributed by atoms with Gasteiger partial charge < -0.3 is 10.4 Å². The number of amides is 1. The van der Waals surface area contributed by atoms with E-state index in [1.165, 1.54) is 4.68 Å². The quantitative estimate of drug-likeness (QED) is 0.773. The number of carbonyl (C=O) groups is 2.